The first-order chi connectivity index (χ1) is 17.9. The molecule has 0 aliphatic carbocycles. The van der Waals surface area contributed by atoms with Gasteiger partial charge in [0.05, 0.1) is 12.7 Å². The van der Waals surface area contributed by atoms with Crippen molar-refractivity contribution in [2.45, 2.75) is 143 Å². The largest absolute Gasteiger partial charge is 0.487 e. The van der Waals surface area contributed by atoms with Crippen molar-refractivity contribution in [3.63, 3.8) is 0 Å². The van der Waals surface area contributed by atoms with Gasteiger partial charge >= 0.3 is 11.9 Å². The van der Waals surface area contributed by atoms with Crippen LogP contribution in [0, 0.1) is 5.41 Å². The third-order valence-corrected chi connectivity index (χ3v) is 7.13. The van der Waals surface area contributed by atoms with Crippen molar-refractivity contribution in [1.29, 1.82) is 0 Å². The number of carbonyl (C=O) groups is 2. The Labute approximate surface area is 227 Å². The van der Waals surface area contributed by atoms with E-state index in [0.717, 1.165) is 19.3 Å². The van der Waals surface area contributed by atoms with Gasteiger partial charge in [-0.05, 0) is 45.2 Å². The molecule has 0 saturated heterocycles. The van der Waals surface area contributed by atoms with Crippen LogP contribution in [-0.2, 0) is 14.3 Å². The predicted molar refractivity (Wildman–Crippen MR) is 152 cm³/mol. The van der Waals surface area contributed by atoms with Gasteiger partial charge in [0, 0.05) is 0 Å². The van der Waals surface area contributed by atoms with E-state index in [-0.39, 0.29) is 6.10 Å². The van der Waals surface area contributed by atoms with E-state index in [2.05, 4.69) is 6.92 Å². The average molecular weight is 519 g/mol. The van der Waals surface area contributed by atoms with Crippen molar-refractivity contribution in [2.24, 2.45) is 5.41 Å². The van der Waals surface area contributed by atoms with Crippen LogP contribution in [0.5, 0.6) is 11.5 Å². The van der Waals surface area contributed by atoms with E-state index in [1.165, 1.54) is 70.6 Å². The van der Waals surface area contributed by atoms with Crippen LogP contribution in [0.2, 0.25) is 0 Å². The molecule has 0 heterocycles. The van der Waals surface area contributed by atoms with Gasteiger partial charge in [-0.3, -0.25) is 9.59 Å². The highest BCUT2D eigenvalue weighted by Crippen LogP contribution is 2.34. The molecule has 0 amide bonds. The maximum absolute atomic E-state index is 13.2. The third kappa shape index (κ3) is 12.8. The molecule has 0 aliphatic heterocycles. The Hall–Kier alpha value is -2.04. The number of benzene rings is 1. The standard InChI is InChI=1S/C32H54O5/c1-6-9-10-11-12-13-14-15-16-17-18-19-20-23-26-35-30(33)32(7-2,8-3)31(34)37-29-25-22-21-24-28(29)36-27(4)5/h21-22,24-25,27H,6-20,23,26H2,1-5H3. The molecule has 0 spiro atoms. The fraction of sp³-hybridized carbons (Fsp3) is 0.750. The highest BCUT2D eigenvalue weighted by molar-refractivity contribution is 6.00. The molecule has 0 bridgehead atoms. The fourth-order valence-corrected chi connectivity index (χ4v) is 4.59. The van der Waals surface area contributed by atoms with E-state index in [1.807, 2.05) is 33.8 Å². The van der Waals surface area contributed by atoms with Crippen LogP contribution in [0.4, 0.5) is 0 Å². The SMILES string of the molecule is CCCCCCCCCCCCCCCCOC(=O)C(CC)(CC)C(=O)Oc1ccccc1OC(C)C. The summed E-state index contributed by atoms with van der Waals surface area (Å²) < 4.78 is 17.0. The lowest BCUT2D eigenvalue weighted by molar-refractivity contribution is -0.168. The first-order valence-electron chi connectivity index (χ1n) is 15.1. The Bertz CT molecular complexity index is 738. The summed E-state index contributed by atoms with van der Waals surface area (Å²) in [6.07, 6.45) is 18.5. The van der Waals surface area contributed by atoms with Gasteiger partial charge in [0.25, 0.3) is 0 Å². The van der Waals surface area contributed by atoms with Gasteiger partial charge in [-0.25, -0.2) is 0 Å². The van der Waals surface area contributed by atoms with E-state index in [0.29, 0.717) is 30.9 Å². The third-order valence-electron chi connectivity index (χ3n) is 7.13. The molecule has 0 N–H and O–H groups in total. The first-order valence-corrected chi connectivity index (χ1v) is 15.1. The zero-order chi connectivity index (χ0) is 27.4. The topological polar surface area (TPSA) is 61.8 Å². The van der Waals surface area contributed by atoms with Crippen molar-refractivity contribution in [3.05, 3.63) is 24.3 Å². The molecule has 212 valence electrons. The smallest absolute Gasteiger partial charge is 0.328 e. The van der Waals surface area contributed by atoms with Crippen molar-refractivity contribution >= 4 is 11.9 Å². The van der Waals surface area contributed by atoms with Crippen LogP contribution in [0.3, 0.4) is 0 Å². The second kappa shape index (κ2) is 20.0. The molecule has 0 saturated carbocycles. The lowest BCUT2D eigenvalue weighted by atomic mass is 9.82. The second-order valence-electron chi connectivity index (χ2n) is 10.5. The van der Waals surface area contributed by atoms with Gasteiger partial charge in [-0.15, -0.1) is 0 Å². The molecule has 0 aliphatic rings. The maximum atomic E-state index is 13.2. The number of esters is 2. The lowest BCUT2D eigenvalue weighted by Gasteiger charge is -2.27. The molecule has 0 atom stereocenters. The highest BCUT2D eigenvalue weighted by Gasteiger charge is 2.46. The number of para-hydroxylation sites is 2. The molecular weight excluding hydrogens is 464 g/mol. The summed E-state index contributed by atoms with van der Waals surface area (Å²) in [6, 6.07) is 7.05. The summed E-state index contributed by atoms with van der Waals surface area (Å²) in [5.74, 6) is -0.252. The Morgan fingerprint density at radius 3 is 1.59 bits per heavy atom. The highest BCUT2D eigenvalue weighted by atomic mass is 16.6. The van der Waals surface area contributed by atoms with E-state index >= 15 is 0 Å². The monoisotopic (exact) mass is 518 g/mol. The van der Waals surface area contributed by atoms with Crippen LogP contribution in [0.25, 0.3) is 0 Å². The molecule has 5 heteroatoms. The molecule has 1 aromatic carbocycles. The zero-order valence-corrected chi connectivity index (χ0v) is 24.4. The van der Waals surface area contributed by atoms with Gasteiger partial charge < -0.3 is 14.2 Å². The Kier molecular flexibility index (Phi) is 17.8. The van der Waals surface area contributed by atoms with Crippen molar-refractivity contribution in [2.75, 3.05) is 6.61 Å². The Morgan fingerprint density at radius 1 is 0.676 bits per heavy atom. The van der Waals surface area contributed by atoms with Crippen molar-refractivity contribution in [3.8, 4) is 11.5 Å². The molecule has 1 aromatic rings. The molecule has 5 nitrogen and oxygen atoms in total. The summed E-state index contributed by atoms with van der Waals surface area (Å²) in [5, 5.41) is 0. The minimum Gasteiger partial charge on any atom is -0.487 e. The molecule has 0 aromatic heterocycles. The summed E-state index contributed by atoms with van der Waals surface area (Å²) in [5.41, 5.74) is -1.30. The van der Waals surface area contributed by atoms with Crippen LogP contribution in [0.15, 0.2) is 24.3 Å². The van der Waals surface area contributed by atoms with Gasteiger partial charge in [0.15, 0.2) is 16.9 Å². The van der Waals surface area contributed by atoms with Crippen LogP contribution in [0.1, 0.15) is 137 Å². The normalized spacial score (nSPS) is 11.5. The predicted octanol–water partition coefficient (Wildman–Crippen LogP) is 9.21. The van der Waals surface area contributed by atoms with Gasteiger partial charge in [0.1, 0.15) is 0 Å². The number of hydrogen-bond acceptors (Lipinski definition) is 5. The minimum atomic E-state index is -1.30. The number of hydrogen-bond donors (Lipinski definition) is 0. The molecule has 0 fully saturated rings. The maximum Gasteiger partial charge on any atom is 0.328 e. The Morgan fingerprint density at radius 2 is 1.14 bits per heavy atom. The zero-order valence-electron chi connectivity index (χ0n) is 24.4. The van der Waals surface area contributed by atoms with E-state index in [1.54, 1.807) is 18.2 Å². The van der Waals surface area contributed by atoms with E-state index in [4.69, 9.17) is 14.2 Å². The summed E-state index contributed by atoms with van der Waals surface area (Å²) in [7, 11) is 0. The number of rotatable bonds is 22. The molecular formula is C32H54O5. The minimum absolute atomic E-state index is 0.0583. The van der Waals surface area contributed by atoms with Crippen LogP contribution < -0.4 is 9.47 Å². The summed E-state index contributed by atoms with van der Waals surface area (Å²) in [6.45, 7) is 10.1. The summed E-state index contributed by atoms with van der Waals surface area (Å²) >= 11 is 0. The first kappa shape index (κ1) is 33.0. The number of carbonyl (C=O) groups excluding carboxylic acids is 2. The quantitative estimate of drug-likeness (QED) is 0.0662. The molecule has 37 heavy (non-hydrogen) atoms. The fourth-order valence-electron chi connectivity index (χ4n) is 4.59. The van der Waals surface area contributed by atoms with Gasteiger partial charge in [-0.2, -0.15) is 0 Å². The van der Waals surface area contributed by atoms with Crippen molar-refractivity contribution in [1.82, 2.24) is 0 Å². The lowest BCUT2D eigenvalue weighted by Crippen LogP contribution is -2.42. The van der Waals surface area contributed by atoms with Crippen LogP contribution >= 0.6 is 0 Å². The molecule has 1 rings (SSSR count). The van der Waals surface area contributed by atoms with Crippen molar-refractivity contribution < 1.29 is 23.8 Å². The van der Waals surface area contributed by atoms with Gasteiger partial charge in [-0.1, -0.05) is 116 Å². The van der Waals surface area contributed by atoms with Gasteiger partial charge in [0.2, 0.25) is 0 Å². The summed E-state index contributed by atoms with van der Waals surface area (Å²) in [4.78, 5) is 26.2. The molecule has 0 unspecified atom stereocenters. The second-order valence-corrected chi connectivity index (χ2v) is 10.5. The average Bonchev–Trinajstić information content (AvgIpc) is 2.88. The van der Waals surface area contributed by atoms with E-state index in [9.17, 15) is 9.59 Å². The Balaban J connectivity index is 2.31. The molecule has 0 radical (unpaired) electrons. The number of ether oxygens (including phenoxy) is 3. The number of unbranched alkanes of at least 4 members (excludes halogenated alkanes) is 13. The van der Waals surface area contributed by atoms with Crippen LogP contribution in [-0.4, -0.2) is 24.6 Å². The van der Waals surface area contributed by atoms with E-state index < -0.39 is 17.4 Å².